The van der Waals surface area contributed by atoms with Gasteiger partial charge in [0, 0.05) is 36.4 Å². The van der Waals surface area contributed by atoms with Crippen LogP contribution in [0.25, 0.3) is 0 Å². The van der Waals surface area contributed by atoms with Crippen molar-refractivity contribution in [3.63, 3.8) is 0 Å². The van der Waals surface area contributed by atoms with Crippen LogP contribution in [0.4, 0.5) is 10.5 Å². The van der Waals surface area contributed by atoms with Crippen LogP contribution < -0.4 is 5.32 Å². The lowest BCUT2D eigenvalue weighted by atomic mass is 10.2. The molecule has 1 aliphatic heterocycles. The molecule has 0 aliphatic carbocycles. The van der Waals surface area contributed by atoms with Gasteiger partial charge in [-0.15, -0.1) is 0 Å². The van der Waals surface area contributed by atoms with Gasteiger partial charge < -0.3 is 19.9 Å². The molecule has 0 spiro atoms. The maximum atomic E-state index is 12.2. The van der Waals surface area contributed by atoms with Gasteiger partial charge in [-0.25, -0.2) is 4.79 Å². The number of anilines is 1. The lowest BCUT2D eigenvalue weighted by Gasteiger charge is -2.41. The third-order valence-corrected chi connectivity index (χ3v) is 4.22. The lowest BCUT2D eigenvalue weighted by molar-refractivity contribution is 0.0135. The van der Waals surface area contributed by atoms with Crippen molar-refractivity contribution < 1.29 is 9.53 Å². The number of nitrogens with one attached hydrogen (secondary N) is 1. The number of hydrogen-bond donors (Lipinski definition) is 1. The summed E-state index contributed by atoms with van der Waals surface area (Å²) >= 11 is 11.4. The zero-order valence-corrected chi connectivity index (χ0v) is 16.1. The predicted octanol–water partition coefficient (Wildman–Crippen LogP) is 3.98. The van der Waals surface area contributed by atoms with Crippen LogP contribution in [0, 0.1) is 0 Å². The van der Waals surface area contributed by atoms with Crippen molar-refractivity contribution in [1.29, 1.82) is 0 Å². The number of halogens is 1. The Labute approximate surface area is 153 Å². The van der Waals surface area contributed by atoms with Gasteiger partial charge in [-0.2, -0.15) is 0 Å². The minimum absolute atomic E-state index is 0.110. The van der Waals surface area contributed by atoms with E-state index < -0.39 is 5.60 Å². The van der Waals surface area contributed by atoms with E-state index >= 15 is 0 Å². The van der Waals surface area contributed by atoms with Crippen LogP contribution in [0.2, 0.25) is 5.02 Å². The van der Waals surface area contributed by atoms with E-state index in [1.807, 2.05) is 52.0 Å². The Balaban J connectivity index is 1.91. The minimum Gasteiger partial charge on any atom is -0.444 e. The van der Waals surface area contributed by atoms with Gasteiger partial charge in [-0.1, -0.05) is 11.6 Å². The molecule has 1 aromatic carbocycles. The molecular formula is C17H24ClN3O2S. The molecule has 1 N–H and O–H groups in total. The second kappa shape index (κ2) is 7.57. The molecular weight excluding hydrogens is 346 g/mol. The molecule has 5 nitrogen and oxygen atoms in total. The van der Waals surface area contributed by atoms with Gasteiger partial charge in [0.05, 0.1) is 0 Å². The van der Waals surface area contributed by atoms with Gasteiger partial charge in [0.2, 0.25) is 0 Å². The number of rotatable bonds is 1. The summed E-state index contributed by atoms with van der Waals surface area (Å²) in [6, 6.07) is 7.51. The summed E-state index contributed by atoms with van der Waals surface area (Å²) in [5.41, 5.74) is 0.411. The van der Waals surface area contributed by atoms with E-state index in [1.165, 1.54) is 0 Å². The number of amides is 1. The number of hydrogen-bond acceptors (Lipinski definition) is 3. The largest absolute Gasteiger partial charge is 0.444 e. The molecule has 0 saturated carbocycles. The van der Waals surface area contributed by atoms with Crippen LogP contribution in [-0.2, 0) is 4.74 Å². The molecule has 1 fully saturated rings. The normalized spacial score (nSPS) is 18.3. The number of ether oxygens (including phenoxy) is 1. The second-order valence-electron chi connectivity index (χ2n) is 6.91. The molecule has 0 aromatic heterocycles. The van der Waals surface area contributed by atoms with E-state index in [4.69, 9.17) is 28.6 Å². The average Bonchev–Trinajstić information content (AvgIpc) is 2.47. The highest BCUT2D eigenvalue weighted by Gasteiger charge is 2.30. The fourth-order valence-electron chi connectivity index (χ4n) is 2.48. The molecule has 1 heterocycles. The standard InChI is InChI=1S/C17H24ClN3O2S/c1-12-11-20(16(22)23-17(2,3)4)9-10-21(12)15(24)19-14-7-5-13(18)6-8-14/h5-8,12H,9-11H2,1-4H3,(H,19,24)/t12-/m1/s1. The molecule has 1 aliphatic rings. The van der Waals surface area contributed by atoms with Gasteiger partial charge >= 0.3 is 6.09 Å². The second-order valence-corrected chi connectivity index (χ2v) is 7.73. The first-order valence-corrected chi connectivity index (χ1v) is 8.75. The first-order valence-electron chi connectivity index (χ1n) is 7.97. The quantitative estimate of drug-likeness (QED) is 0.758. The maximum absolute atomic E-state index is 12.2. The molecule has 1 aromatic rings. The summed E-state index contributed by atoms with van der Waals surface area (Å²) in [6.07, 6.45) is -0.273. The fourth-order valence-corrected chi connectivity index (χ4v) is 3.00. The van der Waals surface area contributed by atoms with Gasteiger partial charge in [0.15, 0.2) is 5.11 Å². The van der Waals surface area contributed by atoms with E-state index in [1.54, 1.807) is 4.90 Å². The Bertz CT molecular complexity index is 601. The van der Waals surface area contributed by atoms with Crippen molar-refractivity contribution in [3.05, 3.63) is 29.3 Å². The Morgan fingerprint density at radius 3 is 2.46 bits per heavy atom. The van der Waals surface area contributed by atoms with E-state index in [0.717, 1.165) is 5.69 Å². The van der Waals surface area contributed by atoms with Crippen molar-refractivity contribution in [2.75, 3.05) is 25.0 Å². The third kappa shape index (κ3) is 5.24. The molecule has 1 saturated heterocycles. The predicted molar refractivity (Wildman–Crippen MR) is 102 cm³/mol. The molecule has 7 heteroatoms. The van der Waals surface area contributed by atoms with Crippen LogP contribution in [0.1, 0.15) is 27.7 Å². The van der Waals surface area contributed by atoms with Crippen molar-refractivity contribution in [2.45, 2.75) is 39.3 Å². The number of benzene rings is 1. The first kappa shape index (κ1) is 18.8. The SMILES string of the molecule is C[C@@H]1CN(C(=O)OC(C)(C)C)CCN1C(=S)Nc1ccc(Cl)cc1. The monoisotopic (exact) mass is 369 g/mol. The molecule has 132 valence electrons. The highest BCUT2D eigenvalue weighted by atomic mass is 35.5. The lowest BCUT2D eigenvalue weighted by Crippen LogP contribution is -2.56. The zero-order chi connectivity index (χ0) is 17.9. The summed E-state index contributed by atoms with van der Waals surface area (Å²) < 4.78 is 5.44. The Morgan fingerprint density at radius 2 is 1.92 bits per heavy atom. The van der Waals surface area contributed by atoms with Crippen LogP contribution >= 0.6 is 23.8 Å². The summed E-state index contributed by atoms with van der Waals surface area (Å²) in [6.45, 7) is 9.49. The molecule has 24 heavy (non-hydrogen) atoms. The molecule has 2 rings (SSSR count). The highest BCUT2D eigenvalue weighted by Crippen LogP contribution is 2.18. The van der Waals surface area contributed by atoms with Crippen molar-refractivity contribution >= 4 is 40.7 Å². The first-order chi connectivity index (χ1) is 11.2. The van der Waals surface area contributed by atoms with E-state index in [0.29, 0.717) is 29.8 Å². The molecule has 0 radical (unpaired) electrons. The number of carbonyl (C=O) groups is 1. The number of piperazine rings is 1. The van der Waals surface area contributed by atoms with Gasteiger partial charge in [0.25, 0.3) is 0 Å². The van der Waals surface area contributed by atoms with Crippen LogP contribution in [0.3, 0.4) is 0 Å². The third-order valence-electron chi connectivity index (χ3n) is 3.64. The summed E-state index contributed by atoms with van der Waals surface area (Å²) in [4.78, 5) is 16.0. The molecule has 1 atom stereocenters. The zero-order valence-electron chi connectivity index (χ0n) is 14.5. The van der Waals surface area contributed by atoms with E-state index in [2.05, 4.69) is 10.2 Å². The maximum Gasteiger partial charge on any atom is 0.410 e. The average molecular weight is 370 g/mol. The number of carbonyl (C=O) groups excluding carboxylic acids is 1. The fraction of sp³-hybridized carbons (Fsp3) is 0.529. The summed E-state index contributed by atoms with van der Waals surface area (Å²) in [7, 11) is 0. The molecule has 0 unspecified atom stereocenters. The van der Waals surface area contributed by atoms with Crippen molar-refractivity contribution in [2.24, 2.45) is 0 Å². The van der Waals surface area contributed by atoms with Crippen LogP contribution in [0.15, 0.2) is 24.3 Å². The minimum atomic E-state index is -0.483. The van der Waals surface area contributed by atoms with Crippen LogP contribution in [0.5, 0.6) is 0 Å². The van der Waals surface area contributed by atoms with Gasteiger partial charge in [-0.05, 0) is 64.2 Å². The smallest absolute Gasteiger partial charge is 0.410 e. The topological polar surface area (TPSA) is 44.8 Å². The van der Waals surface area contributed by atoms with E-state index in [9.17, 15) is 4.79 Å². The molecule has 0 bridgehead atoms. The number of nitrogens with zero attached hydrogens (tertiary/aromatic N) is 2. The highest BCUT2D eigenvalue weighted by molar-refractivity contribution is 7.80. The Morgan fingerprint density at radius 1 is 1.29 bits per heavy atom. The Hall–Kier alpha value is -1.53. The van der Waals surface area contributed by atoms with Crippen molar-refractivity contribution in [1.82, 2.24) is 9.80 Å². The summed E-state index contributed by atoms with van der Waals surface area (Å²) in [5.74, 6) is 0. The number of thiocarbonyl (C=S) groups is 1. The van der Waals surface area contributed by atoms with Gasteiger partial charge in [0.1, 0.15) is 5.60 Å². The van der Waals surface area contributed by atoms with Crippen molar-refractivity contribution in [3.8, 4) is 0 Å². The van der Waals surface area contributed by atoms with Crippen LogP contribution in [-0.4, -0.2) is 52.3 Å². The van der Waals surface area contributed by atoms with E-state index in [-0.39, 0.29) is 12.1 Å². The summed E-state index contributed by atoms with van der Waals surface area (Å²) in [5, 5.41) is 4.55. The molecule has 1 amide bonds. The van der Waals surface area contributed by atoms with Gasteiger partial charge in [-0.3, -0.25) is 0 Å². The Kier molecular flexibility index (Phi) is 5.93.